The van der Waals surface area contributed by atoms with Crippen molar-refractivity contribution in [1.82, 2.24) is 19.0 Å². The number of rotatable bonds is 5. The summed E-state index contributed by atoms with van der Waals surface area (Å²) in [5.74, 6) is 0.144. The molecule has 0 aliphatic carbocycles. The van der Waals surface area contributed by atoms with Crippen molar-refractivity contribution in [2.75, 3.05) is 37.7 Å². The molecule has 3 aromatic rings. The van der Waals surface area contributed by atoms with Gasteiger partial charge < -0.3 is 14.5 Å². The van der Waals surface area contributed by atoms with E-state index >= 15 is 0 Å². The lowest BCUT2D eigenvalue weighted by molar-refractivity contribution is -0.132. The molecule has 0 spiro atoms. The summed E-state index contributed by atoms with van der Waals surface area (Å²) in [6.07, 6.45) is 1.58. The van der Waals surface area contributed by atoms with Gasteiger partial charge in [0.25, 0.3) is 5.56 Å². The number of fused-ring (bicyclic) bond motifs is 1. The van der Waals surface area contributed by atoms with Gasteiger partial charge in [0.15, 0.2) is 5.65 Å². The summed E-state index contributed by atoms with van der Waals surface area (Å²) in [5, 5.41) is 0.218. The molecular weight excluding hydrogens is 410 g/mol. The van der Waals surface area contributed by atoms with Crippen molar-refractivity contribution in [3.05, 3.63) is 62.9 Å². The van der Waals surface area contributed by atoms with Crippen LogP contribution in [-0.2, 0) is 18.4 Å². The maximum Gasteiger partial charge on any atom is 0.332 e. The van der Waals surface area contributed by atoms with Gasteiger partial charge in [-0.05, 0) is 26.0 Å². The Morgan fingerprint density at radius 1 is 1.09 bits per heavy atom. The zero-order chi connectivity index (χ0) is 22.8. The van der Waals surface area contributed by atoms with Gasteiger partial charge in [-0.3, -0.25) is 14.2 Å². The molecule has 0 radical (unpaired) electrons. The predicted octanol–water partition coefficient (Wildman–Crippen LogP) is 1.15. The minimum Gasteiger partial charge on any atom is -0.493 e. The first-order valence-corrected chi connectivity index (χ1v) is 10.7. The summed E-state index contributed by atoms with van der Waals surface area (Å²) < 4.78 is 7.96. The fraction of sp³-hybridized carbons (Fsp3) is 0.391. The second-order valence-electron chi connectivity index (χ2n) is 7.84. The summed E-state index contributed by atoms with van der Waals surface area (Å²) in [5.41, 5.74) is 0.932. The Morgan fingerprint density at radius 3 is 2.44 bits per heavy atom. The molecular formula is C23H27N5O4. The first-order valence-electron chi connectivity index (χ1n) is 10.7. The summed E-state index contributed by atoms with van der Waals surface area (Å²) >= 11 is 0. The maximum absolute atomic E-state index is 13.3. The average molecular weight is 438 g/mol. The van der Waals surface area contributed by atoms with Gasteiger partial charge >= 0.3 is 5.69 Å². The van der Waals surface area contributed by atoms with Crippen LogP contribution in [0.25, 0.3) is 11.0 Å². The van der Waals surface area contributed by atoms with Gasteiger partial charge in [-0.1, -0.05) is 18.2 Å². The van der Waals surface area contributed by atoms with Crippen LogP contribution in [0.2, 0.25) is 0 Å². The van der Waals surface area contributed by atoms with Crippen molar-refractivity contribution in [3.8, 4) is 5.75 Å². The standard InChI is InChI=1S/C23H27N5O4/c1-4-32-20-16(2)14-24-21-19(20)22(30)28(23(31)25(21)3)15-18(29)27-12-10-26(11-13-27)17-8-6-5-7-9-17/h5-9,14H,4,10-13,15H2,1-3H3. The molecule has 0 N–H and O–H groups in total. The van der Waals surface area contributed by atoms with E-state index in [9.17, 15) is 14.4 Å². The fourth-order valence-corrected chi connectivity index (χ4v) is 4.08. The second-order valence-corrected chi connectivity index (χ2v) is 7.84. The number of amides is 1. The largest absolute Gasteiger partial charge is 0.493 e. The Bertz CT molecular complexity index is 1260. The number of para-hydroxylation sites is 1. The van der Waals surface area contributed by atoms with Crippen molar-refractivity contribution < 1.29 is 9.53 Å². The number of aryl methyl sites for hydroxylation is 2. The number of nitrogens with zero attached hydrogens (tertiary/aromatic N) is 5. The Kier molecular flexibility index (Phi) is 5.98. The summed E-state index contributed by atoms with van der Waals surface area (Å²) in [7, 11) is 1.54. The molecule has 0 bridgehead atoms. The van der Waals surface area contributed by atoms with E-state index in [1.165, 1.54) is 4.57 Å². The Balaban J connectivity index is 1.60. The molecule has 4 rings (SSSR count). The number of hydrogen-bond acceptors (Lipinski definition) is 6. The van der Waals surface area contributed by atoms with Crippen molar-refractivity contribution in [1.29, 1.82) is 0 Å². The number of carbonyl (C=O) groups excluding carboxylic acids is 1. The highest BCUT2D eigenvalue weighted by Crippen LogP contribution is 2.24. The molecule has 0 unspecified atom stereocenters. The quantitative estimate of drug-likeness (QED) is 0.595. The minimum atomic E-state index is -0.572. The SMILES string of the molecule is CCOc1c(C)cnc2c1c(=O)n(CC(=O)N1CCN(c3ccccc3)CC1)c(=O)n2C. The van der Waals surface area contributed by atoms with Crippen molar-refractivity contribution >= 4 is 22.6 Å². The second kappa shape index (κ2) is 8.86. The molecule has 1 aromatic carbocycles. The summed E-state index contributed by atoms with van der Waals surface area (Å²) in [4.78, 5) is 47.3. The van der Waals surface area contributed by atoms with Gasteiger partial charge in [0.1, 0.15) is 17.7 Å². The van der Waals surface area contributed by atoms with E-state index in [0.29, 0.717) is 44.1 Å². The molecule has 1 aliphatic heterocycles. The van der Waals surface area contributed by atoms with Crippen LogP contribution in [0.1, 0.15) is 12.5 Å². The van der Waals surface area contributed by atoms with Crippen molar-refractivity contribution in [3.63, 3.8) is 0 Å². The zero-order valence-corrected chi connectivity index (χ0v) is 18.6. The summed E-state index contributed by atoms with van der Waals surface area (Å²) in [6.45, 7) is 6.12. The molecule has 1 amide bonds. The Labute approximate surface area is 185 Å². The highest BCUT2D eigenvalue weighted by atomic mass is 16.5. The molecule has 1 aliphatic rings. The molecule has 9 heteroatoms. The van der Waals surface area contributed by atoms with Crippen LogP contribution in [0.15, 0.2) is 46.1 Å². The zero-order valence-electron chi connectivity index (χ0n) is 18.6. The highest BCUT2D eigenvalue weighted by molar-refractivity contribution is 5.83. The van der Waals surface area contributed by atoms with E-state index in [1.807, 2.05) is 37.3 Å². The number of hydrogen-bond donors (Lipinski definition) is 0. The van der Waals surface area contributed by atoms with Crippen LogP contribution in [0.5, 0.6) is 5.75 Å². The normalized spacial score (nSPS) is 14.1. The molecule has 0 saturated carbocycles. The van der Waals surface area contributed by atoms with E-state index in [2.05, 4.69) is 9.88 Å². The van der Waals surface area contributed by atoms with Gasteiger partial charge in [0.2, 0.25) is 5.91 Å². The van der Waals surface area contributed by atoms with Crippen molar-refractivity contribution in [2.45, 2.75) is 20.4 Å². The molecule has 1 saturated heterocycles. The van der Waals surface area contributed by atoms with Crippen LogP contribution < -0.4 is 20.9 Å². The fourth-order valence-electron chi connectivity index (χ4n) is 4.08. The third-order valence-electron chi connectivity index (χ3n) is 5.82. The average Bonchev–Trinajstić information content (AvgIpc) is 2.82. The van der Waals surface area contributed by atoms with Crippen molar-refractivity contribution in [2.24, 2.45) is 7.05 Å². The van der Waals surface area contributed by atoms with E-state index in [-0.39, 0.29) is 23.5 Å². The number of carbonyl (C=O) groups is 1. The lowest BCUT2D eigenvalue weighted by Gasteiger charge is -2.36. The lowest BCUT2D eigenvalue weighted by atomic mass is 10.2. The lowest BCUT2D eigenvalue weighted by Crippen LogP contribution is -2.51. The number of piperazine rings is 1. The maximum atomic E-state index is 13.3. The third kappa shape index (κ3) is 3.86. The van der Waals surface area contributed by atoms with Crippen LogP contribution in [0, 0.1) is 6.92 Å². The number of ether oxygens (including phenoxy) is 1. The molecule has 32 heavy (non-hydrogen) atoms. The highest BCUT2D eigenvalue weighted by Gasteiger charge is 2.24. The number of benzene rings is 1. The van der Waals surface area contributed by atoms with Crippen LogP contribution in [-0.4, -0.2) is 57.7 Å². The van der Waals surface area contributed by atoms with Crippen LogP contribution >= 0.6 is 0 Å². The predicted molar refractivity (Wildman–Crippen MR) is 122 cm³/mol. The van der Waals surface area contributed by atoms with E-state index in [1.54, 1.807) is 25.1 Å². The summed E-state index contributed by atoms with van der Waals surface area (Å²) in [6, 6.07) is 10.0. The van der Waals surface area contributed by atoms with Crippen LogP contribution in [0.3, 0.4) is 0 Å². The number of pyridine rings is 1. The number of anilines is 1. The molecule has 9 nitrogen and oxygen atoms in total. The van der Waals surface area contributed by atoms with E-state index < -0.39 is 11.2 Å². The molecule has 2 aromatic heterocycles. The van der Waals surface area contributed by atoms with E-state index in [4.69, 9.17) is 4.74 Å². The number of aromatic nitrogens is 3. The van der Waals surface area contributed by atoms with Gasteiger partial charge in [0.05, 0.1) is 6.61 Å². The van der Waals surface area contributed by atoms with Gasteiger partial charge in [-0.25, -0.2) is 14.3 Å². The first-order chi connectivity index (χ1) is 15.4. The Hall–Kier alpha value is -3.62. The van der Waals surface area contributed by atoms with E-state index in [0.717, 1.165) is 10.3 Å². The third-order valence-corrected chi connectivity index (χ3v) is 5.82. The Morgan fingerprint density at radius 2 is 1.78 bits per heavy atom. The molecule has 1 fully saturated rings. The molecule has 0 atom stereocenters. The van der Waals surface area contributed by atoms with Gasteiger partial charge in [0, 0.05) is 50.7 Å². The monoisotopic (exact) mass is 437 g/mol. The van der Waals surface area contributed by atoms with Gasteiger partial charge in [-0.15, -0.1) is 0 Å². The minimum absolute atomic E-state index is 0.218. The molecule has 168 valence electrons. The smallest absolute Gasteiger partial charge is 0.332 e. The molecule has 3 heterocycles. The topological polar surface area (TPSA) is 89.7 Å². The van der Waals surface area contributed by atoms with Crippen LogP contribution in [0.4, 0.5) is 5.69 Å². The first kappa shape index (κ1) is 21.6. The van der Waals surface area contributed by atoms with Gasteiger partial charge in [-0.2, -0.15) is 0 Å².